The largest absolute Gasteiger partial charge is 0.495 e. The summed E-state index contributed by atoms with van der Waals surface area (Å²) in [5.41, 5.74) is 0. The SMILES string of the molecule is COc1ccc(F)cc1S(=O)(=O)N1CCC(N2C(=O)CNC2=O)C1. The van der Waals surface area contributed by atoms with E-state index in [-0.39, 0.29) is 36.2 Å². The quantitative estimate of drug-likeness (QED) is 0.774. The number of benzene rings is 1. The second-order valence-corrected chi connectivity index (χ2v) is 7.43. The number of urea groups is 1. The number of nitrogens with zero attached hydrogens (tertiary/aromatic N) is 2. The molecule has 0 spiro atoms. The maximum atomic E-state index is 13.5. The minimum absolute atomic E-state index is 0.0266. The van der Waals surface area contributed by atoms with Crippen LogP contribution in [0.1, 0.15) is 6.42 Å². The Labute approximate surface area is 138 Å². The van der Waals surface area contributed by atoms with E-state index in [9.17, 15) is 22.4 Å². The van der Waals surface area contributed by atoms with E-state index >= 15 is 0 Å². The van der Waals surface area contributed by atoms with Gasteiger partial charge in [-0.1, -0.05) is 0 Å². The molecule has 0 aliphatic carbocycles. The van der Waals surface area contributed by atoms with Crippen molar-refractivity contribution < 1.29 is 27.1 Å². The number of methoxy groups -OCH3 is 1. The van der Waals surface area contributed by atoms with Gasteiger partial charge in [0.05, 0.1) is 19.7 Å². The molecule has 2 heterocycles. The number of halogens is 1. The predicted molar refractivity (Wildman–Crippen MR) is 80.4 cm³/mol. The van der Waals surface area contributed by atoms with Gasteiger partial charge in [-0.2, -0.15) is 4.31 Å². The van der Waals surface area contributed by atoms with Gasteiger partial charge in [0, 0.05) is 13.1 Å². The first-order chi connectivity index (χ1) is 11.3. The molecule has 8 nitrogen and oxygen atoms in total. The molecule has 2 saturated heterocycles. The van der Waals surface area contributed by atoms with E-state index in [0.717, 1.165) is 21.3 Å². The van der Waals surface area contributed by atoms with Crippen LogP contribution in [0, 0.1) is 5.82 Å². The van der Waals surface area contributed by atoms with E-state index in [1.807, 2.05) is 0 Å². The number of hydrogen-bond donors (Lipinski definition) is 1. The number of rotatable bonds is 4. The van der Waals surface area contributed by atoms with Gasteiger partial charge in [0.1, 0.15) is 16.5 Å². The molecular weight excluding hydrogens is 341 g/mol. The van der Waals surface area contributed by atoms with Crippen LogP contribution >= 0.6 is 0 Å². The molecule has 2 aliphatic heterocycles. The zero-order valence-electron chi connectivity index (χ0n) is 12.9. The maximum absolute atomic E-state index is 13.5. The van der Waals surface area contributed by atoms with E-state index in [1.165, 1.54) is 13.2 Å². The monoisotopic (exact) mass is 357 g/mol. The van der Waals surface area contributed by atoms with Crippen molar-refractivity contribution in [2.75, 3.05) is 26.7 Å². The topological polar surface area (TPSA) is 96.0 Å². The zero-order chi connectivity index (χ0) is 17.5. The number of nitrogens with one attached hydrogen (secondary N) is 1. The molecule has 0 saturated carbocycles. The molecule has 1 unspecified atom stereocenters. The number of imide groups is 1. The zero-order valence-corrected chi connectivity index (χ0v) is 13.7. The van der Waals surface area contributed by atoms with Crippen molar-refractivity contribution in [1.82, 2.24) is 14.5 Å². The summed E-state index contributed by atoms with van der Waals surface area (Å²) in [5, 5.41) is 2.41. The summed E-state index contributed by atoms with van der Waals surface area (Å²) in [5.74, 6) is -1.04. The third-order valence-corrected chi connectivity index (χ3v) is 6.00. The van der Waals surface area contributed by atoms with Crippen LogP contribution in [0.25, 0.3) is 0 Å². The molecule has 0 radical (unpaired) electrons. The lowest BCUT2D eigenvalue weighted by Gasteiger charge is -2.22. The van der Waals surface area contributed by atoms with Crippen molar-refractivity contribution >= 4 is 22.0 Å². The van der Waals surface area contributed by atoms with Crippen molar-refractivity contribution in [3.63, 3.8) is 0 Å². The van der Waals surface area contributed by atoms with Gasteiger partial charge in [-0.25, -0.2) is 17.6 Å². The minimum atomic E-state index is -4.00. The minimum Gasteiger partial charge on any atom is -0.495 e. The highest BCUT2D eigenvalue weighted by Crippen LogP contribution is 2.30. The Kier molecular flexibility index (Phi) is 4.18. The summed E-state index contributed by atoms with van der Waals surface area (Å²) >= 11 is 0. The maximum Gasteiger partial charge on any atom is 0.324 e. The van der Waals surface area contributed by atoms with E-state index < -0.39 is 27.9 Å². The summed E-state index contributed by atoms with van der Waals surface area (Å²) in [6, 6.07) is 2.20. The number of ether oxygens (including phenoxy) is 1. The van der Waals surface area contributed by atoms with Crippen LogP contribution in [0.15, 0.2) is 23.1 Å². The lowest BCUT2D eigenvalue weighted by molar-refractivity contribution is -0.126. The first kappa shape index (κ1) is 16.7. The number of amides is 3. The highest BCUT2D eigenvalue weighted by atomic mass is 32.2. The fraction of sp³-hybridized carbons (Fsp3) is 0.429. The molecule has 1 aromatic rings. The normalized spacial score (nSPS) is 22.1. The predicted octanol–water partition coefficient (Wildman–Crippen LogP) is 0.149. The van der Waals surface area contributed by atoms with Crippen LogP contribution in [-0.2, 0) is 14.8 Å². The summed E-state index contributed by atoms with van der Waals surface area (Å²) < 4.78 is 45.2. The highest BCUT2D eigenvalue weighted by Gasteiger charge is 2.42. The number of hydrogen-bond acceptors (Lipinski definition) is 5. The van der Waals surface area contributed by atoms with Crippen LogP contribution in [0.2, 0.25) is 0 Å². The first-order valence-electron chi connectivity index (χ1n) is 7.28. The van der Waals surface area contributed by atoms with E-state index in [1.54, 1.807) is 0 Å². The van der Waals surface area contributed by atoms with Crippen LogP contribution in [0.3, 0.4) is 0 Å². The number of carbonyl (C=O) groups is 2. The molecule has 1 aromatic carbocycles. The van der Waals surface area contributed by atoms with Crippen molar-refractivity contribution in [2.24, 2.45) is 0 Å². The van der Waals surface area contributed by atoms with Crippen LogP contribution in [0.5, 0.6) is 5.75 Å². The Balaban J connectivity index is 1.86. The second-order valence-electron chi connectivity index (χ2n) is 5.52. The summed E-state index contributed by atoms with van der Waals surface area (Å²) in [6.45, 7) is 0.0185. The Hall–Kier alpha value is -2.20. The third kappa shape index (κ3) is 2.71. The van der Waals surface area contributed by atoms with Crippen LogP contribution in [-0.4, -0.2) is 62.3 Å². The molecule has 3 rings (SSSR count). The average Bonchev–Trinajstić information content (AvgIpc) is 3.14. The van der Waals surface area contributed by atoms with Crippen molar-refractivity contribution in [2.45, 2.75) is 17.4 Å². The number of sulfonamides is 1. The Bertz CT molecular complexity index is 782. The summed E-state index contributed by atoms with van der Waals surface area (Å²) in [6.07, 6.45) is 0.329. The summed E-state index contributed by atoms with van der Waals surface area (Å²) in [4.78, 5) is 24.2. The van der Waals surface area contributed by atoms with Crippen LogP contribution in [0.4, 0.5) is 9.18 Å². The van der Waals surface area contributed by atoms with Crippen molar-refractivity contribution in [3.05, 3.63) is 24.0 Å². The van der Waals surface area contributed by atoms with Crippen molar-refractivity contribution in [1.29, 1.82) is 0 Å². The van der Waals surface area contributed by atoms with Gasteiger partial charge < -0.3 is 10.1 Å². The van der Waals surface area contributed by atoms with E-state index in [4.69, 9.17) is 4.74 Å². The van der Waals surface area contributed by atoms with Crippen molar-refractivity contribution in [3.8, 4) is 5.75 Å². The lowest BCUT2D eigenvalue weighted by Crippen LogP contribution is -2.42. The van der Waals surface area contributed by atoms with Gasteiger partial charge in [0.25, 0.3) is 0 Å². The molecule has 3 amide bonds. The van der Waals surface area contributed by atoms with E-state index in [0.29, 0.717) is 6.42 Å². The fourth-order valence-electron chi connectivity index (χ4n) is 2.94. The standard InChI is InChI=1S/C14H16FN3O5S/c1-23-11-3-2-9(15)6-12(11)24(21,22)17-5-4-10(8-17)18-13(19)7-16-14(18)20/h2-3,6,10H,4-5,7-8H2,1H3,(H,16,20). The summed E-state index contributed by atoms with van der Waals surface area (Å²) in [7, 11) is -2.70. The molecule has 0 bridgehead atoms. The number of carbonyl (C=O) groups excluding carboxylic acids is 2. The molecule has 0 aromatic heterocycles. The average molecular weight is 357 g/mol. The van der Waals surface area contributed by atoms with Gasteiger partial charge in [-0.15, -0.1) is 0 Å². The lowest BCUT2D eigenvalue weighted by atomic mass is 10.2. The van der Waals surface area contributed by atoms with Gasteiger partial charge in [-0.3, -0.25) is 9.69 Å². The van der Waals surface area contributed by atoms with Gasteiger partial charge in [0.2, 0.25) is 15.9 Å². The third-order valence-electron chi connectivity index (χ3n) is 4.11. The molecule has 1 N–H and O–H groups in total. The molecule has 10 heteroatoms. The Morgan fingerprint density at radius 2 is 2.08 bits per heavy atom. The molecule has 130 valence electrons. The Morgan fingerprint density at radius 3 is 2.71 bits per heavy atom. The van der Waals surface area contributed by atoms with Gasteiger partial charge in [0.15, 0.2) is 0 Å². The molecule has 2 aliphatic rings. The molecule has 1 atom stereocenters. The van der Waals surface area contributed by atoms with Gasteiger partial charge >= 0.3 is 6.03 Å². The highest BCUT2D eigenvalue weighted by molar-refractivity contribution is 7.89. The first-order valence-corrected chi connectivity index (χ1v) is 8.72. The van der Waals surface area contributed by atoms with Gasteiger partial charge in [-0.05, 0) is 24.6 Å². The van der Waals surface area contributed by atoms with Crippen LogP contribution < -0.4 is 10.1 Å². The fourth-order valence-corrected chi connectivity index (χ4v) is 4.59. The molecule has 24 heavy (non-hydrogen) atoms. The smallest absolute Gasteiger partial charge is 0.324 e. The second kappa shape index (κ2) is 6.02. The molecular formula is C14H16FN3O5S. The van der Waals surface area contributed by atoms with E-state index in [2.05, 4.69) is 5.32 Å². The Morgan fingerprint density at radius 1 is 1.33 bits per heavy atom. The molecule has 2 fully saturated rings.